The highest BCUT2D eigenvalue weighted by Crippen LogP contribution is 2.26. The lowest BCUT2D eigenvalue weighted by molar-refractivity contribution is 0.287. The topological polar surface area (TPSA) is 12.0 Å². The van der Waals surface area contributed by atoms with Crippen molar-refractivity contribution in [3.63, 3.8) is 0 Å². The molecule has 18 heavy (non-hydrogen) atoms. The maximum Gasteiger partial charge on any atom is 0.0582 e. The van der Waals surface area contributed by atoms with Crippen molar-refractivity contribution in [3.05, 3.63) is 35.9 Å². The lowest BCUT2D eigenvalue weighted by Crippen LogP contribution is -2.34. The van der Waals surface area contributed by atoms with Gasteiger partial charge in [0, 0.05) is 11.6 Å². The number of benzene rings is 1. The fraction of sp³-hybridized carbons (Fsp3) is 0.529. The summed E-state index contributed by atoms with van der Waals surface area (Å²) in [7, 11) is 0. The monoisotopic (exact) mass is 241 g/mol. The molecule has 1 aliphatic rings. The van der Waals surface area contributed by atoms with Crippen molar-refractivity contribution in [2.24, 2.45) is 5.92 Å². The van der Waals surface area contributed by atoms with Crippen LogP contribution < -0.4 is 5.32 Å². The van der Waals surface area contributed by atoms with Crippen LogP contribution in [0, 0.1) is 17.8 Å². The molecule has 0 radical (unpaired) electrons. The minimum Gasteiger partial charge on any atom is -0.303 e. The van der Waals surface area contributed by atoms with Gasteiger partial charge >= 0.3 is 0 Å². The van der Waals surface area contributed by atoms with Crippen molar-refractivity contribution < 1.29 is 0 Å². The summed E-state index contributed by atoms with van der Waals surface area (Å²) < 4.78 is 0. The lowest BCUT2D eigenvalue weighted by Gasteiger charge is -2.27. The van der Waals surface area contributed by atoms with Crippen LogP contribution in [-0.4, -0.2) is 12.6 Å². The Balaban J connectivity index is 1.73. The molecule has 1 N–H and O–H groups in total. The van der Waals surface area contributed by atoms with Gasteiger partial charge in [-0.05, 0) is 37.8 Å². The Bertz CT molecular complexity index is 393. The minimum atomic E-state index is 0.607. The van der Waals surface area contributed by atoms with E-state index >= 15 is 0 Å². The molecule has 0 aromatic heterocycles. The second kappa shape index (κ2) is 7.24. The third-order valence-corrected chi connectivity index (χ3v) is 3.88. The third kappa shape index (κ3) is 4.20. The number of hydrogen-bond donors (Lipinski definition) is 1. The maximum atomic E-state index is 3.55. The average Bonchev–Trinajstić information content (AvgIpc) is 2.45. The van der Waals surface area contributed by atoms with Crippen LogP contribution in [0.5, 0.6) is 0 Å². The summed E-state index contributed by atoms with van der Waals surface area (Å²) >= 11 is 0. The van der Waals surface area contributed by atoms with Gasteiger partial charge < -0.3 is 5.32 Å². The molecular weight excluding hydrogens is 218 g/mol. The van der Waals surface area contributed by atoms with Crippen LogP contribution in [0.3, 0.4) is 0 Å². The van der Waals surface area contributed by atoms with Gasteiger partial charge in [-0.2, -0.15) is 0 Å². The van der Waals surface area contributed by atoms with Gasteiger partial charge in [-0.25, -0.2) is 0 Å². The Hall–Kier alpha value is -1.26. The molecule has 1 atom stereocenters. The standard InChI is InChI=1S/C17H23N/c1-15(17-12-6-3-7-13-17)18-14-8-11-16-9-4-2-5-10-16/h2,4-5,9-10,15,17-18H,3,6-7,12-14H2,1H3/t15-/m0/s1. The number of nitrogens with one attached hydrogen (secondary N) is 1. The van der Waals surface area contributed by atoms with Crippen LogP contribution in [0.2, 0.25) is 0 Å². The summed E-state index contributed by atoms with van der Waals surface area (Å²) in [4.78, 5) is 0. The van der Waals surface area contributed by atoms with E-state index in [1.54, 1.807) is 0 Å². The summed E-state index contributed by atoms with van der Waals surface area (Å²) in [5.41, 5.74) is 1.10. The Kier molecular flexibility index (Phi) is 5.30. The van der Waals surface area contributed by atoms with E-state index in [1.807, 2.05) is 18.2 Å². The fourth-order valence-corrected chi connectivity index (χ4v) is 2.68. The number of rotatable bonds is 3. The first kappa shape index (κ1) is 13.2. The van der Waals surface area contributed by atoms with Gasteiger partial charge in [0.05, 0.1) is 6.54 Å². The van der Waals surface area contributed by atoms with Gasteiger partial charge in [-0.3, -0.25) is 0 Å². The molecular formula is C17H23N. The van der Waals surface area contributed by atoms with E-state index in [-0.39, 0.29) is 0 Å². The van der Waals surface area contributed by atoms with Crippen molar-refractivity contribution in [1.29, 1.82) is 0 Å². The molecule has 1 heteroatoms. The van der Waals surface area contributed by atoms with E-state index in [0.29, 0.717) is 6.04 Å². The van der Waals surface area contributed by atoms with Crippen LogP contribution in [-0.2, 0) is 0 Å². The highest BCUT2D eigenvalue weighted by Gasteiger charge is 2.18. The van der Waals surface area contributed by atoms with Gasteiger partial charge in [0.25, 0.3) is 0 Å². The Morgan fingerprint density at radius 2 is 1.89 bits per heavy atom. The second-order valence-electron chi connectivity index (χ2n) is 5.24. The highest BCUT2D eigenvalue weighted by molar-refractivity contribution is 5.33. The Labute approximate surface area is 111 Å². The fourth-order valence-electron chi connectivity index (χ4n) is 2.68. The van der Waals surface area contributed by atoms with E-state index in [4.69, 9.17) is 0 Å². The molecule has 0 aliphatic heterocycles. The summed E-state index contributed by atoms with van der Waals surface area (Å²) in [5.74, 6) is 7.26. The molecule has 1 fully saturated rings. The third-order valence-electron chi connectivity index (χ3n) is 3.88. The molecule has 0 bridgehead atoms. The largest absolute Gasteiger partial charge is 0.303 e. The van der Waals surface area contributed by atoms with Crippen molar-refractivity contribution in [2.75, 3.05) is 6.54 Å². The van der Waals surface area contributed by atoms with E-state index in [9.17, 15) is 0 Å². The zero-order chi connectivity index (χ0) is 12.6. The Morgan fingerprint density at radius 1 is 1.17 bits per heavy atom. The maximum absolute atomic E-state index is 3.55. The average molecular weight is 241 g/mol. The van der Waals surface area contributed by atoms with Gasteiger partial charge in [-0.1, -0.05) is 49.3 Å². The quantitative estimate of drug-likeness (QED) is 0.797. The van der Waals surface area contributed by atoms with Crippen molar-refractivity contribution in [3.8, 4) is 11.8 Å². The molecule has 0 unspecified atom stereocenters. The molecule has 1 aliphatic carbocycles. The van der Waals surface area contributed by atoms with Crippen molar-refractivity contribution in [1.82, 2.24) is 5.32 Å². The van der Waals surface area contributed by atoms with Crippen LogP contribution in [0.25, 0.3) is 0 Å². The van der Waals surface area contributed by atoms with E-state index < -0.39 is 0 Å². The van der Waals surface area contributed by atoms with Crippen molar-refractivity contribution in [2.45, 2.75) is 45.1 Å². The molecule has 2 rings (SSSR count). The van der Waals surface area contributed by atoms with Crippen LogP contribution in [0.1, 0.15) is 44.6 Å². The first-order chi connectivity index (χ1) is 8.86. The zero-order valence-electron chi connectivity index (χ0n) is 11.3. The first-order valence-electron chi connectivity index (χ1n) is 7.13. The molecule has 1 nitrogen and oxygen atoms in total. The van der Waals surface area contributed by atoms with Gasteiger partial charge in [0.2, 0.25) is 0 Å². The highest BCUT2D eigenvalue weighted by atomic mass is 14.9. The zero-order valence-corrected chi connectivity index (χ0v) is 11.3. The van der Waals surface area contributed by atoms with Crippen LogP contribution in [0.4, 0.5) is 0 Å². The normalized spacial score (nSPS) is 17.8. The minimum absolute atomic E-state index is 0.607. The van der Waals surface area contributed by atoms with Crippen LogP contribution in [0.15, 0.2) is 30.3 Å². The van der Waals surface area contributed by atoms with Crippen LogP contribution >= 0.6 is 0 Å². The summed E-state index contributed by atoms with van der Waals surface area (Å²) in [6.45, 7) is 3.10. The molecule has 1 aromatic carbocycles. The SMILES string of the molecule is C[C@H](NCC#Cc1ccccc1)C1CCCCC1. The Morgan fingerprint density at radius 3 is 2.61 bits per heavy atom. The molecule has 96 valence electrons. The molecule has 0 heterocycles. The molecule has 1 aromatic rings. The summed E-state index contributed by atoms with van der Waals surface area (Å²) in [6, 6.07) is 10.8. The van der Waals surface area contributed by atoms with Crippen molar-refractivity contribution >= 4 is 0 Å². The van der Waals surface area contributed by atoms with Gasteiger partial charge in [0.15, 0.2) is 0 Å². The molecule has 0 amide bonds. The second-order valence-corrected chi connectivity index (χ2v) is 5.24. The van der Waals surface area contributed by atoms with Gasteiger partial charge in [-0.15, -0.1) is 0 Å². The molecule has 1 saturated carbocycles. The lowest BCUT2D eigenvalue weighted by atomic mass is 9.84. The number of hydrogen-bond acceptors (Lipinski definition) is 1. The van der Waals surface area contributed by atoms with E-state index in [1.165, 1.54) is 32.1 Å². The molecule has 0 saturated heterocycles. The van der Waals surface area contributed by atoms with Gasteiger partial charge in [0.1, 0.15) is 0 Å². The predicted molar refractivity (Wildman–Crippen MR) is 77.4 cm³/mol. The smallest absolute Gasteiger partial charge is 0.0582 e. The predicted octanol–water partition coefficient (Wildman–Crippen LogP) is 3.60. The summed E-state index contributed by atoms with van der Waals surface area (Å²) in [5, 5.41) is 3.55. The van der Waals surface area contributed by atoms with E-state index in [2.05, 4.69) is 36.2 Å². The molecule has 0 spiro atoms. The first-order valence-corrected chi connectivity index (χ1v) is 7.13. The summed E-state index contributed by atoms with van der Waals surface area (Å²) in [6.07, 6.45) is 7.02. The van der Waals surface area contributed by atoms with E-state index in [0.717, 1.165) is 18.0 Å².